The van der Waals surface area contributed by atoms with Crippen molar-refractivity contribution in [1.29, 1.82) is 0 Å². The van der Waals surface area contributed by atoms with E-state index in [9.17, 15) is 4.79 Å². The smallest absolute Gasteiger partial charge is 0.249 e. The van der Waals surface area contributed by atoms with Gasteiger partial charge in [-0.1, -0.05) is 6.92 Å². The van der Waals surface area contributed by atoms with Crippen LogP contribution in [0.4, 0.5) is 5.69 Å². The first-order valence-electron chi connectivity index (χ1n) is 3.94. The highest BCUT2D eigenvalue weighted by Crippen LogP contribution is 2.23. The van der Waals surface area contributed by atoms with Crippen LogP contribution in [0.1, 0.15) is 22.8 Å². The molecule has 4 heteroatoms. The van der Waals surface area contributed by atoms with Crippen molar-refractivity contribution in [3.63, 3.8) is 0 Å². The lowest BCUT2D eigenvalue weighted by molar-refractivity contribution is 0.0999. The summed E-state index contributed by atoms with van der Waals surface area (Å²) in [4.78, 5) is 11.0. The number of nitrogens with two attached hydrogens (primary N) is 2. The van der Waals surface area contributed by atoms with E-state index in [4.69, 9.17) is 11.5 Å². The van der Waals surface area contributed by atoms with Crippen molar-refractivity contribution in [1.82, 2.24) is 0 Å². The molecule has 0 radical (unpaired) electrons. The zero-order valence-electron chi connectivity index (χ0n) is 7.30. The molecule has 70 valence electrons. The molecule has 1 rings (SSSR count). The van der Waals surface area contributed by atoms with Gasteiger partial charge < -0.3 is 11.5 Å². The number of hydrogen-bond acceptors (Lipinski definition) is 2. The van der Waals surface area contributed by atoms with Crippen molar-refractivity contribution < 1.29 is 4.79 Å². The van der Waals surface area contributed by atoms with Crippen LogP contribution in [0.2, 0.25) is 0 Å². The fourth-order valence-corrected chi connectivity index (χ4v) is 1.75. The van der Waals surface area contributed by atoms with E-state index in [0.29, 0.717) is 11.3 Å². The van der Waals surface area contributed by atoms with Crippen molar-refractivity contribution >= 4 is 34.2 Å². The fraction of sp³-hybridized carbons (Fsp3) is 0.222. The molecule has 0 saturated carbocycles. The van der Waals surface area contributed by atoms with Gasteiger partial charge in [0.2, 0.25) is 5.91 Å². The van der Waals surface area contributed by atoms with E-state index in [-0.39, 0.29) is 0 Å². The third kappa shape index (κ3) is 1.93. The van der Waals surface area contributed by atoms with Crippen LogP contribution in [0.3, 0.4) is 0 Å². The maximum absolute atomic E-state index is 11.0. The molecule has 0 heterocycles. The summed E-state index contributed by atoms with van der Waals surface area (Å²) < 4.78 is 0.958. The summed E-state index contributed by atoms with van der Waals surface area (Å²) in [5.41, 5.74) is 13.1. The number of anilines is 1. The van der Waals surface area contributed by atoms with Gasteiger partial charge in [-0.15, -0.1) is 0 Å². The largest absolute Gasteiger partial charge is 0.398 e. The predicted molar refractivity (Wildman–Crippen MR) is 61.5 cm³/mol. The van der Waals surface area contributed by atoms with Gasteiger partial charge in [-0.2, -0.15) is 0 Å². The Morgan fingerprint density at radius 2 is 2.15 bits per heavy atom. The summed E-state index contributed by atoms with van der Waals surface area (Å²) in [7, 11) is 0. The van der Waals surface area contributed by atoms with Gasteiger partial charge in [-0.3, -0.25) is 4.79 Å². The van der Waals surface area contributed by atoms with E-state index in [0.717, 1.165) is 15.6 Å². The molecule has 0 aliphatic rings. The second-order valence-electron chi connectivity index (χ2n) is 2.70. The van der Waals surface area contributed by atoms with Gasteiger partial charge >= 0.3 is 0 Å². The third-order valence-electron chi connectivity index (χ3n) is 1.92. The minimum Gasteiger partial charge on any atom is -0.398 e. The summed E-state index contributed by atoms with van der Waals surface area (Å²) in [5, 5.41) is 0. The van der Waals surface area contributed by atoms with Crippen LogP contribution in [0, 0.1) is 3.57 Å². The molecule has 0 aliphatic heterocycles. The first-order valence-corrected chi connectivity index (χ1v) is 5.02. The Morgan fingerprint density at radius 3 is 2.62 bits per heavy atom. The van der Waals surface area contributed by atoms with Crippen molar-refractivity contribution in [2.45, 2.75) is 13.3 Å². The Kier molecular flexibility index (Phi) is 3.13. The number of hydrogen-bond donors (Lipinski definition) is 2. The second kappa shape index (κ2) is 3.95. The van der Waals surface area contributed by atoms with Crippen LogP contribution in [0.5, 0.6) is 0 Å². The Morgan fingerprint density at radius 1 is 1.54 bits per heavy atom. The van der Waals surface area contributed by atoms with Gasteiger partial charge in [0.15, 0.2) is 0 Å². The molecule has 0 spiro atoms. The zero-order chi connectivity index (χ0) is 10.0. The molecule has 3 nitrogen and oxygen atoms in total. The summed E-state index contributed by atoms with van der Waals surface area (Å²) in [6.07, 6.45) is 0.723. The monoisotopic (exact) mass is 290 g/mol. The van der Waals surface area contributed by atoms with Crippen molar-refractivity contribution in [2.75, 3.05) is 5.73 Å². The molecule has 1 amide bonds. The molecule has 13 heavy (non-hydrogen) atoms. The Labute approximate surface area is 90.6 Å². The summed E-state index contributed by atoms with van der Waals surface area (Å²) in [6.45, 7) is 1.95. The molecular formula is C9H11IN2O. The normalized spacial score (nSPS) is 10.0. The number of benzene rings is 1. The topological polar surface area (TPSA) is 69.1 Å². The van der Waals surface area contributed by atoms with Crippen molar-refractivity contribution in [3.05, 3.63) is 26.8 Å². The molecular weight excluding hydrogens is 279 g/mol. The molecule has 4 N–H and O–H groups in total. The van der Waals surface area contributed by atoms with E-state index in [1.807, 2.05) is 6.92 Å². The minimum atomic E-state index is -0.417. The second-order valence-corrected chi connectivity index (χ2v) is 3.87. The maximum Gasteiger partial charge on any atom is 0.249 e. The van der Waals surface area contributed by atoms with E-state index < -0.39 is 5.91 Å². The Balaban J connectivity index is 3.38. The van der Waals surface area contributed by atoms with Crippen LogP contribution < -0.4 is 11.5 Å². The SMILES string of the molecule is CCc1c(C(N)=O)ccc(I)c1N. The summed E-state index contributed by atoms with van der Waals surface area (Å²) in [6, 6.07) is 3.52. The first-order chi connectivity index (χ1) is 6.07. The number of nitrogen functional groups attached to an aromatic ring is 1. The number of rotatable bonds is 2. The first kappa shape index (κ1) is 10.3. The molecule has 0 atom stereocenters. The third-order valence-corrected chi connectivity index (χ3v) is 2.86. The van der Waals surface area contributed by atoms with E-state index in [1.165, 1.54) is 0 Å². The van der Waals surface area contributed by atoms with Crippen LogP contribution in [0.15, 0.2) is 12.1 Å². The van der Waals surface area contributed by atoms with E-state index >= 15 is 0 Å². The van der Waals surface area contributed by atoms with Crippen molar-refractivity contribution in [2.24, 2.45) is 5.73 Å². The molecule has 0 unspecified atom stereocenters. The molecule has 0 aromatic heterocycles. The number of amides is 1. The number of primary amides is 1. The lowest BCUT2D eigenvalue weighted by Crippen LogP contribution is -2.15. The zero-order valence-corrected chi connectivity index (χ0v) is 9.46. The molecule has 0 saturated heterocycles. The standard InChI is InChI=1S/C9H11IN2O/c1-2-5-6(9(12)13)3-4-7(10)8(5)11/h3-4H,2,11H2,1H3,(H2,12,13). The summed E-state index contributed by atoms with van der Waals surface area (Å²) >= 11 is 2.14. The summed E-state index contributed by atoms with van der Waals surface area (Å²) in [5.74, 6) is -0.417. The fourth-order valence-electron chi connectivity index (χ4n) is 1.25. The molecule has 0 bridgehead atoms. The minimum absolute atomic E-state index is 0.417. The van der Waals surface area contributed by atoms with Crippen LogP contribution in [-0.4, -0.2) is 5.91 Å². The lowest BCUT2D eigenvalue weighted by Gasteiger charge is -2.09. The van der Waals surface area contributed by atoms with Gasteiger partial charge in [0.1, 0.15) is 0 Å². The van der Waals surface area contributed by atoms with Gasteiger partial charge in [-0.05, 0) is 46.7 Å². The molecule has 1 aromatic rings. The van der Waals surface area contributed by atoms with Crippen LogP contribution >= 0.6 is 22.6 Å². The van der Waals surface area contributed by atoms with Crippen LogP contribution in [-0.2, 0) is 6.42 Å². The maximum atomic E-state index is 11.0. The Hall–Kier alpha value is -0.780. The average molecular weight is 290 g/mol. The van der Waals surface area contributed by atoms with Crippen molar-refractivity contribution in [3.8, 4) is 0 Å². The highest BCUT2D eigenvalue weighted by atomic mass is 127. The molecule has 0 aliphatic carbocycles. The number of halogens is 1. The van der Waals surface area contributed by atoms with Gasteiger partial charge in [0.05, 0.1) is 0 Å². The highest BCUT2D eigenvalue weighted by molar-refractivity contribution is 14.1. The van der Waals surface area contributed by atoms with Gasteiger partial charge in [0, 0.05) is 14.8 Å². The number of carbonyl (C=O) groups is 1. The van der Waals surface area contributed by atoms with Crippen LogP contribution in [0.25, 0.3) is 0 Å². The highest BCUT2D eigenvalue weighted by Gasteiger charge is 2.11. The number of carbonyl (C=O) groups excluding carboxylic acids is 1. The average Bonchev–Trinajstić information content (AvgIpc) is 2.09. The van der Waals surface area contributed by atoms with E-state index in [1.54, 1.807) is 12.1 Å². The van der Waals surface area contributed by atoms with Gasteiger partial charge in [0.25, 0.3) is 0 Å². The lowest BCUT2D eigenvalue weighted by atomic mass is 10.0. The predicted octanol–water partition coefficient (Wildman–Crippen LogP) is 1.53. The van der Waals surface area contributed by atoms with E-state index in [2.05, 4.69) is 22.6 Å². The molecule has 1 aromatic carbocycles. The Bertz CT molecular complexity index is 350. The van der Waals surface area contributed by atoms with Gasteiger partial charge in [-0.25, -0.2) is 0 Å². The molecule has 0 fully saturated rings. The quantitative estimate of drug-likeness (QED) is 0.640.